The molecule has 2 aromatic rings. The SMILES string of the molecule is c1cc(-c2ccc(OC3CC4CCC(C3)N4)cc2)ccn1. The molecule has 0 amide bonds. The number of ether oxygens (including phenoxy) is 1. The monoisotopic (exact) mass is 280 g/mol. The van der Waals surface area contributed by atoms with Crippen molar-refractivity contribution in [3.63, 3.8) is 0 Å². The Hall–Kier alpha value is -1.87. The summed E-state index contributed by atoms with van der Waals surface area (Å²) in [6.07, 6.45) is 8.92. The summed E-state index contributed by atoms with van der Waals surface area (Å²) in [5, 5.41) is 3.65. The lowest BCUT2D eigenvalue weighted by atomic mass is 10.0. The zero-order chi connectivity index (χ0) is 14.1. The molecule has 2 unspecified atom stereocenters. The summed E-state index contributed by atoms with van der Waals surface area (Å²) in [5.74, 6) is 0.985. The van der Waals surface area contributed by atoms with Crippen LogP contribution in [0.15, 0.2) is 48.8 Å². The average Bonchev–Trinajstić information content (AvgIpc) is 2.88. The Morgan fingerprint density at radius 2 is 1.48 bits per heavy atom. The van der Waals surface area contributed by atoms with Crippen LogP contribution in [0.3, 0.4) is 0 Å². The number of fused-ring (bicyclic) bond motifs is 2. The molecule has 0 radical (unpaired) electrons. The minimum absolute atomic E-state index is 0.371. The molecule has 2 atom stereocenters. The third kappa shape index (κ3) is 2.79. The summed E-state index contributed by atoms with van der Waals surface area (Å²) in [4.78, 5) is 4.06. The zero-order valence-electron chi connectivity index (χ0n) is 12.0. The molecule has 2 aliphatic heterocycles. The van der Waals surface area contributed by atoms with Crippen LogP contribution in [0.1, 0.15) is 25.7 Å². The second kappa shape index (κ2) is 5.49. The summed E-state index contributed by atoms with van der Waals surface area (Å²) in [5.41, 5.74) is 2.39. The highest BCUT2D eigenvalue weighted by molar-refractivity contribution is 5.63. The van der Waals surface area contributed by atoms with Gasteiger partial charge in [-0.3, -0.25) is 4.98 Å². The first-order valence-corrected chi connectivity index (χ1v) is 7.80. The zero-order valence-corrected chi connectivity index (χ0v) is 12.0. The fourth-order valence-corrected chi connectivity index (χ4v) is 3.56. The number of nitrogens with one attached hydrogen (secondary N) is 1. The van der Waals surface area contributed by atoms with Gasteiger partial charge in [-0.2, -0.15) is 0 Å². The number of pyridine rings is 1. The lowest BCUT2D eigenvalue weighted by Crippen LogP contribution is -2.42. The van der Waals surface area contributed by atoms with Gasteiger partial charge in [0.05, 0.1) is 0 Å². The van der Waals surface area contributed by atoms with Gasteiger partial charge in [-0.05, 0) is 61.1 Å². The number of aromatic nitrogens is 1. The van der Waals surface area contributed by atoms with Gasteiger partial charge in [-0.1, -0.05) is 12.1 Å². The van der Waals surface area contributed by atoms with Crippen molar-refractivity contribution in [3.05, 3.63) is 48.8 Å². The van der Waals surface area contributed by atoms with Gasteiger partial charge >= 0.3 is 0 Å². The van der Waals surface area contributed by atoms with Gasteiger partial charge in [-0.25, -0.2) is 0 Å². The Morgan fingerprint density at radius 3 is 2.14 bits per heavy atom. The van der Waals surface area contributed by atoms with Crippen LogP contribution in [0.25, 0.3) is 11.1 Å². The second-order valence-corrected chi connectivity index (χ2v) is 6.11. The molecule has 3 heterocycles. The molecule has 2 saturated heterocycles. The van der Waals surface area contributed by atoms with Crippen LogP contribution in [0.5, 0.6) is 5.75 Å². The van der Waals surface area contributed by atoms with E-state index < -0.39 is 0 Å². The van der Waals surface area contributed by atoms with Crippen LogP contribution in [-0.2, 0) is 0 Å². The Morgan fingerprint density at radius 1 is 0.857 bits per heavy atom. The Kier molecular flexibility index (Phi) is 3.36. The van der Waals surface area contributed by atoms with Crippen molar-refractivity contribution in [3.8, 4) is 16.9 Å². The highest BCUT2D eigenvalue weighted by Gasteiger charge is 2.34. The molecule has 2 aliphatic rings. The molecule has 0 spiro atoms. The minimum atomic E-state index is 0.371. The molecule has 4 rings (SSSR count). The van der Waals surface area contributed by atoms with E-state index in [0.717, 1.165) is 18.6 Å². The van der Waals surface area contributed by atoms with Crippen molar-refractivity contribution < 1.29 is 4.74 Å². The van der Waals surface area contributed by atoms with Crippen molar-refractivity contribution in [2.75, 3.05) is 0 Å². The second-order valence-electron chi connectivity index (χ2n) is 6.11. The minimum Gasteiger partial charge on any atom is -0.490 e. The maximum Gasteiger partial charge on any atom is 0.119 e. The summed E-state index contributed by atoms with van der Waals surface area (Å²) in [7, 11) is 0. The van der Waals surface area contributed by atoms with Crippen LogP contribution >= 0.6 is 0 Å². The first-order valence-electron chi connectivity index (χ1n) is 7.80. The maximum atomic E-state index is 6.17. The first-order chi connectivity index (χ1) is 10.4. The molecule has 2 bridgehead atoms. The molecule has 1 N–H and O–H groups in total. The Balaban J connectivity index is 1.45. The lowest BCUT2D eigenvalue weighted by Gasteiger charge is -2.29. The third-order valence-electron chi connectivity index (χ3n) is 4.60. The van der Waals surface area contributed by atoms with E-state index >= 15 is 0 Å². The van der Waals surface area contributed by atoms with Crippen LogP contribution < -0.4 is 10.1 Å². The van der Waals surface area contributed by atoms with Crippen LogP contribution in [0, 0.1) is 0 Å². The van der Waals surface area contributed by atoms with Crippen LogP contribution in [0.4, 0.5) is 0 Å². The molecule has 0 aliphatic carbocycles. The molecule has 3 nitrogen and oxygen atoms in total. The quantitative estimate of drug-likeness (QED) is 0.935. The van der Waals surface area contributed by atoms with Crippen LogP contribution in [-0.4, -0.2) is 23.2 Å². The van der Waals surface area contributed by atoms with Crippen LogP contribution in [0.2, 0.25) is 0 Å². The van der Waals surface area contributed by atoms with Crippen molar-refractivity contribution in [1.82, 2.24) is 10.3 Å². The fraction of sp³-hybridized carbons (Fsp3) is 0.389. The van der Waals surface area contributed by atoms with E-state index in [-0.39, 0.29) is 0 Å². The maximum absolute atomic E-state index is 6.17. The van der Waals surface area contributed by atoms with E-state index in [9.17, 15) is 0 Å². The molecule has 1 aromatic heterocycles. The van der Waals surface area contributed by atoms with Gasteiger partial charge in [-0.15, -0.1) is 0 Å². The number of hydrogen-bond donors (Lipinski definition) is 1. The van der Waals surface area contributed by atoms with E-state index in [1.54, 1.807) is 0 Å². The van der Waals surface area contributed by atoms with E-state index in [4.69, 9.17) is 4.74 Å². The van der Waals surface area contributed by atoms with E-state index in [1.165, 1.54) is 24.0 Å². The highest BCUT2D eigenvalue weighted by atomic mass is 16.5. The van der Waals surface area contributed by atoms with E-state index in [0.29, 0.717) is 18.2 Å². The summed E-state index contributed by atoms with van der Waals surface area (Å²) < 4.78 is 6.17. The molecule has 3 heteroatoms. The third-order valence-corrected chi connectivity index (χ3v) is 4.60. The Bertz CT molecular complexity index is 584. The van der Waals surface area contributed by atoms with Gasteiger partial charge in [0.25, 0.3) is 0 Å². The summed E-state index contributed by atoms with van der Waals surface area (Å²) in [6.45, 7) is 0. The smallest absolute Gasteiger partial charge is 0.119 e. The van der Waals surface area contributed by atoms with E-state index in [2.05, 4.69) is 34.6 Å². The van der Waals surface area contributed by atoms with Crippen molar-refractivity contribution in [1.29, 1.82) is 0 Å². The number of rotatable bonds is 3. The molecule has 1 aromatic carbocycles. The average molecular weight is 280 g/mol. The largest absolute Gasteiger partial charge is 0.490 e. The number of piperidine rings is 1. The van der Waals surface area contributed by atoms with Gasteiger partial charge in [0.15, 0.2) is 0 Å². The number of nitrogens with zero attached hydrogens (tertiary/aromatic N) is 1. The van der Waals surface area contributed by atoms with Gasteiger partial charge in [0, 0.05) is 24.5 Å². The lowest BCUT2D eigenvalue weighted by molar-refractivity contribution is 0.137. The highest BCUT2D eigenvalue weighted by Crippen LogP contribution is 2.30. The first kappa shape index (κ1) is 12.8. The normalized spacial score (nSPS) is 27.5. The summed E-state index contributed by atoms with van der Waals surface area (Å²) in [6, 6.07) is 13.8. The number of benzene rings is 1. The molecule has 21 heavy (non-hydrogen) atoms. The van der Waals surface area contributed by atoms with Gasteiger partial charge in [0.2, 0.25) is 0 Å². The van der Waals surface area contributed by atoms with Crippen molar-refractivity contribution >= 4 is 0 Å². The fourth-order valence-electron chi connectivity index (χ4n) is 3.56. The van der Waals surface area contributed by atoms with Crippen molar-refractivity contribution in [2.45, 2.75) is 43.9 Å². The predicted molar refractivity (Wildman–Crippen MR) is 83.3 cm³/mol. The van der Waals surface area contributed by atoms with Crippen molar-refractivity contribution in [2.24, 2.45) is 0 Å². The Labute approximate surface area is 125 Å². The van der Waals surface area contributed by atoms with Gasteiger partial charge in [0.1, 0.15) is 11.9 Å². The molecular formula is C18H20N2O. The summed E-state index contributed by atoms with van der Waals surface area (Å²) >= 11 is 0. The molecular weight excluding hydrogens is 260 g/mol. The molecule has 108 valence electrons. The van der Waals surface area contributed by atoms with Gasteiger partial charge < -0.3 is 10.1 Å². The standard InChI is InChI=1S/C18H20N2O/c1-5-17(6-2-13(1)14-7-9-19-10-8-14)21-18-11-15-3-4-16(12-18)20-15/h1-2,5-10,15-16,18,20H,3-4,11-12H2. The number of hydrogen-bond acceptors (Lipinski definition) is 3. The topological polar surface area (TPSA) is 34.1 Å². The molecule has 2 fully saturated rings. The predicted octanol–water partition coefficient (Wildman–Crippen LogP) is 3.41. The van der Waals surface area contributed by atoms with E-state index in [1.807, 2.05) is 24.5 Å². The molecule has 0 saturated carbocycles.